The molecule has 2 fully saturated rings. The predicted molar refractivity (Wildman–Crippen MR) is 65.4 cm³/mol. The zero-order chi connectivity index (χ0) is 12.8. The molecule has 1 aliphatic carbocycles. The Morgan fingerprint density at radius 2 is 1.89 bits per heavy atom. The summed E-state index contributed by atoms with van der Waals surface area (Å²) in [5.41, 5.74) is -0.761. The van der Waals surface area contributed by atoms with E-state index in [9.17, 15) is 13.2 Å². The Kier molecular flexibility index (Phi) is 3.92. The second-order valence-corrected chi connectivity index (χ2v) is 4.90. The van der Waals surface area contributed by atoms with Crippen LogP contribution in [0, 0.1) is 11.8 Å². The van der Waals surface area contributed by atoms with Crippen molar-refractivity contribution in [2.75, 3.05) is 13.1 Å². The SMILES string of the molecule is Cl.FC(F)(F)c1cncc(OC2[C@@H]3CNC[C@H]2C3)c1. The van der Waals surface area contributed by atoms with Gasteiger partial charge in [0.15, 0.2) is 0 Å². The lowest BCUT2D eigenvalue weighted by atomic mass is 9.69. The van der Waals surface area contributed by atoms with Crippen LogP contribution in [0.3, 0.4) is 0 Å². The molecular formula is C12H14ClF3N2O. The average molecular weight is 295 g/mol. The average Bonchev–Trinajstić information content (AvgIpc) is 2.36. The van der Waals surface area contributed by atoms with Crippen molar-refractivity contribution in [3.63, 3.8) is 0 Å². The van der Waals surface area contributed by atoms with Gasteiger partial charge in [0.1, 0.15) is 11.9 Å². The number of nitrogens with one attached hydrogen (secondary N) is 1. The Morgan fingerprint density at radius 3 is 2.47 bits per heavy atom. The summed E-state index contributed by atoms with van der Waals surface area (Å²) in [5, 5.41) is 3.26. The molecule has 1 aliphatic heterocycles. The minimum absolute atomic E-state index is 0. The van der Waals surface area contributed by atoms with Crippen LogP contribution in [0.2, 0.25) is 0 Å². The Morgan fingerprint density at radius 1 is 1.21 bits per heavy atom. The lowest BCUT2D eigenvalue weighted by Crippen LogP contribution is -2.59. The standard InChI is InChI=1S/C12H13F3N2O.ClH/c13-12(14,15)9-2-10(6-17-5-9)18-11-7-1-8(11)4-16-3-7;/h2,5-8,11,16H,1,3-4H2;1H/t7-,8+,11?;. The number of rotatable bonds is 2. The van der Waals surface area contributed by atoms with Gasteiger partial charge >= 0.3 is 6.18 Å². The van der Waals surface area contributed by atoms with Crippen LogP contribution >= 0.6 is 12.4 Å². The first-order chi connectivity index (χ1) is 8.54. The Balaban J connectivity index is 0.00000133. The summed E-state index contributed by atoms with van der Waals surface area (Å²) in [6.45, 7) is 1.76. The van der Waals surface area contributed by atoms with Gasteiger partial charge in [0.2, 0.25) is 0 Å². The van der Waals surface area contributed by atoms with Gasteiger partial charge in [0.25, 0.3) is 0 Å². The number of alkyl halides is 3. The molecule has 1 unspecified atom stereocenters. The number of piperidine rings is 2. The minimum Gasteiger partial charge on any atom is -0.488 e. The number of pyridine rings is 1. The van der Waals surface area contributed by atoms with Crippen LogP contribution in [-0.4, -0.2) is 24.2 Å². The van der Waals surface area contributed by atoms with Crippen molar-refractivity contribution in [1.82, 2.24) is 10.3 Å². The van der Waals surface area contributed by atoms with Crippen LogP contribution in [0.25, 0.3) is 0 Å². The molecule has 106 valence electrons. The monoisotopic (exact) mass is 294 g/mol. The first-order valence-electron chi connectivity index (χ1n) is 5.93. The number of aromatic nitrogens is 1. The third-order valence-corrected chi connectivity index (χ3v) is 3.66. The van der Waals surface area contributed by atoms with Gasteiger partial charge < -0.3 is 10.1 Å². The van der Waals surface area contributed by atoms with Gasteiger partial charge in [0, 0.05) is 31.1 Å². The largest absolute Gasteiger partial charge is 0.488 e. The molecule has 0 aromatic carbocycles. The maximum Gasteiger partial charge on any atom is 0.418 e. The Labute approximate surface area is 115 Å². The molecule has 19 heavy (non-hydrogen) atoms. The topological polar surface area (TPSA) is 34.1 Å². The third kappa shape index (κ3) is 2.79. The highest BCUT2D eigenvalue weighted by Gasteiger charge is 2.45. The van der Waals surface area contributed by atoms with Crippen molar-refractivity contribution in [2.24, 2.45) is 11.8 Å². The van der Waals surface area contributed by atoms with Crippen LogP contribution < -0.4 is 10.1 Å². The zero-order valence-electron chi connectivity index (χ0n) is 9.98. The van der Waals surface area contributed by atoms with Crippen molar-refractivity contribution in [2.45, 2.75) is 18.7 Å². The van der Waals surface area contributed by atoms with Crippen molar-refractivity contribution in [1.29, 1.82) is 0 Å². The second-order valence-electron chi connectivity index (χ2n) is 4.90. The van der Waals surface area contributed by atoms with Crippen molar-refractivity contribution < 1.29 is 17.9 Å². The fourth-order valence-corrected chi connectivity index (χ4v) is 2.69. The molecule has 7 heteroatoms. The van der Waals surface area contributed by atoms with E-state index in [1.54, 1.807) is 0 Å². The molecule has 0 amide bonds. The van der Waals surface area contributed by atoms with Crippen LogP contribution in [0.1, 0.15) is 12.0 Å². The highest BCUT2D eigenvalue weighted by Crippen LogP contribution is 2.40. The van der Waals surface area contributed by atoms with Gasteiger partial charge in [-0.05, 0) is 12.5 Å². The van der Waals surface area contributed by atoms with E-state index >= 15 is 0 Å². The molecule has 0 radical (unpaired) electrons. The highest BCUT2D eigenvalue weighted by atomic mass is 35.5. The summed E-state index contributed by atoms with van der Waals surface area (Å²) in [4.78, 5) is 3.60. The molecule has 2 heterocycles. The van der Waals surface area contributed by atoms with Crippen LogP contribution in [0.15, 0.2) is 18.5 Å². The summed E-state index contributed by atoms with van der Waals surface area (Å²) >= 11 is 0. The molecule has 1 saturated carbocycles. The van der Waals surface area contributed by atoms with E-state index in [4.69, 9.17) is 4.74 Å². The van der Waals surface area contributed by atoms with E-state index in [0.29, 0.717) is 11.8 Å². The van der Waals surface area contributed by atoms with Crippen molar-refractivity contribution >= 4 is 12.4 Å². The van der Waals surface area contributed by atoms with Crippen LogP contribution in [-0.2, 0) is 6.18 Å². The molecule has 1 N–H and O–H groups in total. The number of hydrogen-bond donors (Lipinski definition) is 1. The van der Waals surface area contributed by atoms with Gasteiger partial charge in [-0.1, -0.05) is 0 Å². The van der Waals surface area contributed by atoms with Gasteiger partial charge in [-0.15, -0.1) is 12.4 Å². The normalized spacial score (nSPS) is 29.1. The maximum absolute atomic E-state index is 12.5. The molecule has 1 saturated heterocycles. The van der Waals surface area contributed by atoms with E-state index in [0.717, 1.165) is 31.8 Å². The Bertz CT molecular complexity index is 441. The summed E-state index contributed by atoms with van der Waals surface area (Å²) in [7, 11) is 0. The van der Waals surface area contributed by atoms with E-state index in [-0.39, 0.29) is 24.3 Å². The van der Waals surface area contributed by atoms with Crippen molar-refractivity contribution in [3.8, 4) is 5.75 Å². The lowest BCUT2D eigenvalue weighted by Gasteiger charge is -2.48. The Hall–Kier alpha value is -1.01. The maximum atomic E-state index is 12.5. The molecule has 3 nitrogen and oxygen atoms in total. The summed E-state index contributed by atoms with van der Waals surface area (Å²) < 4.78 is 43.2. The number of ether oxygens (including phenoxy) is 1. The van der Waals surface area contributed by atoms with Gasteiger partial charge in [-0.25, -0.2) is 0 Å². The first kappa shape index (κ1) is 14.4. The predicted octanol–water partition coefficient (Wildman–Crippen LogP) is 2.51. The fourth-order valence-electron chi connectivity index (χ4n) is 2.69. The number of fused-ring (bicyclic) bond motifs is 2. The summed E-state index contributed by atoms with van der Waals surface area (Å²) in [5.74, 6) is 1.04. The van der Waals surface area contributed by atoms with E-state index in [1.807, 2.05) is 0 Å². The first-order valence-corrected chi connectivity index (χ1v) is 5.93. The van der Waals surface area contributed by atoms with Gasteiger partial charge in [0.05, 0.1) is 11.8 Å². The molecule has 2 bridgehead atoms. The van der Waals surface area contributed by atoms with E-state index in [2.05, 4.69) is 10.3 Å². The van der Waals surface area contributed by atoms with Crippen molar-refractivity contribution in [3.05, 3.63) is 24.0 Å². The summed E-state index contributed by atoms with van der Waals surface area (Å²) in [6, 6.07) is 1.02. The number of nitrogens with zero attached hydrogens (tertiary/aromatic N) is 1. The van der Waals surface area contributed by atoms with Gasteiger partial charge in [-0.2, -0.15) is 13.2 Å². The van der Waals surface area contributed by atoms with E-state index in [1.165, 1.54) is 6.20 Å². The van der Waals surface area contributed by atoms with Crippen LogP contribution in [0.5, 0.6) is 5.75 Å². The highest BCUT2D eigenvalue weighted by molar-refractivity contribution is 5.85. The van der Waals surface area contributed by atoms with Crippen LogP contribution in [0.4, 0.5) is 13.2 Å². The molecule has 1 aromatic rings. The fraction of sp³-hybridized carbons (Fsp3) is 0.583. The number of halogens is 4. The molecule has 2 aliphatic rings. The molecule has 0 spiro atoms. The smallest absolute Gasteiger partial charge is 0.418 e. The van der Waals surface area contributed by atoms with E-state index < -0.39 is 11.7 Å². The summed E-state index contributed by atoms with van der Waals surface area (Å²) in [6.07, 6.45) is -1.07. The third-order valence-electron chi connectivity index (χ3n) is 3.66. The number of hydrogen-bond acceptors (Lipinski definition) is 3. The molecule has 3 atom stereocenters. The minimum atomic E-state index is -4.37. The van der Waals surface area contributed by atoms with Gasteiger partial charge in [-0.3, -0.25) is 4.98 Å². The molecule has 1 aromatic heterocycles. The quantitative estimate of drug-likeness (QED) is 0.910. The lowest BCUT2D eigenvalue weighted by molar-refractivity contribution is -0.138. The second kappa shape index (κ2) is 5.17. The molecular weight excluding hydrogens is 281 g/mol. The zero-order valence-corrected chi connectivity index (χ0v) is 10.8. The molecule has 3 rings (SSSR count).